The molecule has 1 fully saturated rings. The van der Waals surface area contributed by atoms with Crippen LogP contribution in [0, 0.1) is 0 Å². The highest BCUT2D eigenvalue weighted by atomic mass is 16.5. The molecule has 1 saturated carbocycles. The summed E-state index contributed by atoms with van der Waals surface area (Å²) in [7, 11) is 0. The van der Waals surface area contributed by atoms with Gasteiger partial charge in [-0.1, -0.05) is 40.7 Å². The SMILES string of the molecule is C[C@@H](O)c1cnnn1C1CC(NCc2cc(-c3ccccc3)on2)C1. The van der Waals surface area contributed by atoms with E-state index in [1.54, 1.807) is 13.1 Å². The average molecular weight is 339 g/mol. The van der Waals surface area contributed by atoms with Gasteiger partial charge in [-0.2, -0.15) is 0 Å². The number of aliphatic hydroxyl groups is 1. The van der Waals surface area contributed by atoms with Crippen molar-refractivity contribution in [2.24, 2.45) is 0 Å². The van der Waals surface area contributed by atoms with E-state index in [1.165, 1.54) is 0 Å². The summed E-state index contributed by atoms with van der Waals surface area (Å²) < 4.78 is 7.26. The molecule has 2 aromatic heterocycles. The Hall–Kier alpha value is -2.51. The number of nitrogens with one attached hydrogen (secondary N) is 1. The molecule has 4 rings (SSSR count). The second kappa shape index (κ2) is 6.78. The van der Waals surface area contributed by atoms with Crippen molar-refractivity contribution in [2.75, 3.05) is 0 Å². The van der Waals surface area contributed by atoms with Gasteiger partial charge in [-0.3, -0.25) is 0 Å². The van der Waals surface area contributed by atoms with Crippen molar-refractivity contribution in [3.8, 4) is 11.3 Å². The topological polar surface area (TPSA) is 89.0 Å². The van der Waals surface area contributed by atoms with Gasteiger partial charge in [-0.25, -0.2) is 4.68 Å². The van der Waals surface area contributed by atoms with Crippen molar-refractivity contribution in [1.29, 1.82) is 0 Å². The van der Waals surface area contributed by atoms with Crippen LogP contribution in [-0.2, 0) is 6.54 Å². The molecule has 0 amide bonds. The van der Waals surface area contributed by atoms with E-state index in [2.05, 4.69) is 20.8 Å². The average Bonchev–Trinajstić information content (AvgIpc) is 3.23. The van der Waals surface area contributed by atoms with Crippen molar-refractivity contribution in [2.45, 2.75) is 44.5 Å². The molecule has 0 radical (unpaired) electrons. The van der Waals surface area contributed by atoms with Crippen LogP contribution in [0.15, 0.2) is 47.1 Å². The smallest absolute Gasteiger partial charge is 0.167 e. The summed E-state index contributed by atoms with van der Waals surface area (Å²) in [6.07, 6.45) is 3.01. The van der Waals surface area contributed by atoms with Crippen LogP contribution in [0.3, 0.4) is 0 Å². The van der Waals surface area contributed by atoms with Crippen LogP contribution in [-0.4, -0.2) is 31.3 Å². The van der Waals surface area contributed by atoms with E-state index < -0.39 is 6.10 Å². The van der Waals surface area contributed by atoms with Crippen molar-refractivity contribution in [1.82, 2.24) is 25.5 Å². The fraction of sp³-hybridized carbons (Fsp3) is 0.389. The van der Waals surface area contributed by atoms with Crippen LogP contribution in [0.4, 0.5) is 0 Å². The molecule has 7 heteroatoms. The molecule has 0 bridgehead atoms. The maximum absolute atomic E-state index is 9.74. The summed E-state index contributed by atoms with van der Waals surface area (Å²) in [5.41, 5.74) is 2.70. The monoisotopic (exact) mass is 339 g/mol. The first kappa shape index (κ1) is 16.0. The Labute approximate surface area is 145 Å². The van der Waals surface area contributed by atoms with Crippen LogP contribution in [0.5, 0.6) is 0 Å². The fourth-order valence-corrected chi connectivity index (χ4v) is 3.17. The molecule has 0 spiro atoms. The molecule has 1 aliphatic rings. The van der Waals surface area contributed by atoms with E-state index in [9.17, 15) is 5.11 Å². The van der Waals surface area contributed by atoms with Gasteiger partial charge in [-0.05, 0) is 19.8 Å². The maximum atomic E-state index is 9.74. The van der Waals surface area contributed by atoms with E-state index in [-0.39, 0.29) is 0 Å². The Morgan fingerprint density at radius 3 is 2.88 bits per heavy atom. The van der Waals surface area contributed by atoms with Gasteiger partial charge in [0.15, 0.2) is 5.76 Å². The number of rotatable bonds is 6. The van der Waals surface area contributed by atoms with Crippen molar-refractivity contribution in [3.05, 3.63) is 54.0 Å². The second-order valence-electron chi connectivity index (χ2n) is 6.53. The summed E-state index contributed by atoms with van der Waals surface area (Å²) in [5, 5.41) is 25.4. The first-order valence-electron chi connectivity index (χ1n) is 8.53. The van der Waals surface area contributed by atoms with E-state index in [0.29, 0.717) is 18.6 Å². The van der Waals surface area contributed by atoms with Gasteiger partial charge in [0, 0.05) is 24.2 Å². The number of hydrogen-bond acceptors (Lipinski definition) is 6. The quantitative estimate of drug-likeness (QED) is 0.717. The molecule has 1 aliphatic carbocycles. The Bertz CT molecular complexity index is 821. The van der Waals surface area contributed by atoms with E-state index in [0.717, 1.165) is 35.6 Å². The molecule has 0 unspecified atom stereocenters. The molecular weight excluding hydrogens is 318 g/mol. The number of hydrogen-bond donors (Lipinski definition) is 2. The van der Waals surface area contributed by atoms with Crippen LogP contribution in [0.1, 0.15) is 43.3 Å². The van der Waals surface area contributed by atoms with Gasteiger partial charge < -0.3 is 14.9 Å². The summed E-state index contributed by atoms with van der Waals surface area (Å²) in [4.78, 5) is 0. The van der Waals surface area contributed by atoms with Crippen molar-refractivity contribution >= 4 is 0 Å². The zero-order valence-corrected chi connectivity index (χ0v) is 14.0. The van der Waals surface area contributed by atoms with Crippen LogP contribution >= 0.6 is 0 Å². The summed E-state index contributed by atoms with van der Waals surface area (Å²) in [5.74, 6) is 0.785. The predicted molar refractivity (Wildman–Crippen MR) is 91.5 cm³/mol. The third-order valence-electron chi connectivity index (χ3n) is 4.68. The van der Waals surface area contributed by atoms with Gasteiger partial charge in [0.1, 0.15) is 0 Å². The second-order valence-corrected chi connectivity index (χ2v) is 6.53. The summed E-state index contributed by atoms with van der Waals surface area (Å²) in [6, 6.07) is 12.6. The Kier molecular flexibility index (Phi) is 4.33. The van der Waals surface area contributed by atoms with Gasteiger partial charge in [0.2, 0.25) is 0 Å². The molecule has 1 aromatic carbocycles. The lowest BCUT2D eigenvalue weighted by Crippen LogP contribution is -2.42. The molecule has 0 saturated heterocycles. The minimum absolute atomic E-state index is 0.293. The van der Waals surface area contributed by atoms with Gasteiger partial charge in [0.25, 0.3) is 0 Å². The number of aliphatic hydroxyl groups excluding tert-OH is 1. The fourth-order valence-electron chi connectivity index (χ4n) is 3.17. The zero-order chi connectivity index (χ0) is 17.2. The first-order chi connectivity index (χ1) is 12.2. The third-order valence-corrected chi connectivity index (χ3v) is 4.68. The largest absolute Gasteiger partial charge is 0.387 e. The lowest BCUT2D eigenvalue weighted by atomic mass is 9.86. The van der Waals surface area contributed by atoms with Crippen molar-refractivity contribution < 1.29 is 9.63 Å². The normalized spacial score (nSPS) is 21.0. The van der Waals surface area contributed by atoms with Crippen molar-refractivity contribution in [3.63, 3.8) is 0 Å². The first-order valence-corrected chi connectivity index (χ1v) is 8.53. The molecule has 130 valence electrons. The summed E-state index contributed by atoms with van der Waals surface area (Å²) >= 11 is 0. The molecular formula is C18H21N5O2. The summed E-state index contributed by atoms with van der Waals surface area (Å²) in [6.45, 7) is 2.41. The van der Waals surface area contributed by atoms with Crippen LogP contribution in [0.2, 0.25) is 0 Å². The van der Waals surface area contributed by atoms with E-state index in [1.807, 2.05) is 41.1 Å². The Morgan fingerprint density at radius 2 is 2.12 bits per heavy atom. The molecule has 2 heterocycles. The number of aromatic nitrogens is 4. The highest BCUT2D eigenvalue weighted by Gasteiger charge is 2.32. The Balaban J connectivity index is 1.30. The Morgan fingerprint density at radius 1 is 1.32 bits per heavy atom. The van der Waals surface area contributed by atoms with Gasteiger partial charge in [0.05, 0.1) is 29.7 Å². The minimum atomic E-state index is -0.548. The maximum Gasteiger partial charge on any atom is 0.167 e. The molecule has 2 N–H and O–H groups in total. The van der Waals surface area contributed by atoms with Gasteiger partial charge >= 0.3 is 0 Å². The lowest BCUT2D eigenvalue weighted by molar-refractivity contribution is 0.156. The highest BCUT2D eigenvalue weighted by Crippen LogP contribution is 2.33. The molecule has 3 aromatic rings. The molecule has 7 nitrogen and oxygen atoms in total. The van der Waals surface area contributed by atoms with Crippen LogP contribution < -0.4 is 5.32 Å². The number of benzene rings is 1. The molecule has 0 aliphatic heterocycles. The highest BCUT2D eigenvalue weighted by molar-refractivity contribution is 5.56. The van der Waals surface area contributed by atoms with Gasteiger partial charge in [-0.15, -0.1) is 5.10 Å². The minimum Gasteiger partial charge on any atom is -0.387 e. The third kappa shape index (κ3) is 3.33. The lowest BCUT2D eigenvalue weighted by Gasteiger charge is -2.36. The molecule has 1 atom stereocenters. The van der Waals surface area contributed by atoms with E-state index in [4.69, 9.17) is 4.52 Å². The van der Waals surface area contributed by atoms with E-state index >= 15 is 0 Å². The zero-order valence-electron chi connectivity index (χ0n) is 14.0. The molecule has 25 heavy (non-hydrogen) atoms. The predicted octanol–water partition coefficient (Wildman–Crippen LogP) is 2.48. The van der Waals surface area contributed by atoms with Crippen LogP contribution in [0.25, 0.3) is 11.3 Å². The standard InChI is InChI=1S/C18H21N5O2/c1-12(24)17-11-20-22-23(17)16-7-14(8-16)19-10-15-9-18(25-21-15)13-5-3-2-4-6-13/h2-6,9,11-12,14,16,19,24H,7-8,10H2,1H3/t12-,14?,16?/m1/s1. The number of nitrogens with zero attached hydrogens (tertiary/aromatic N) is 4.